The number of aromatic nitrogens is 1. The monoisotopic (exact) mass is 242 g/mol. The summed E-state index contributed by atoms with van der Waals surface area (Å²) in [6.07, 6.45) is 4.39. The van der Waals surface area contributed by atoms with Gasteiger partial charge in [0.05, 0.1) is 10.7 Å². The summed E-state index contributed by atoms with van der Waals surface area (Å²) in [7, 11) is 0. The number of hydrogen-bond acceptors (Lipinski definition) is 3. The summed E-state index contributed by atoms with van der Waals surface area (Å²) >= 11 is 1.70. The molecular formula is C14H14N2S. The molecule has 2 N–H and O–H groups in total. The number of nitrogen functional groups attached to an aromatic ring is 1. The number of hydrogen-bond donors (Lipinski definition) is 1. The van der Waals surface area contributed by atoms with Gasteiger partial charge in [0.15, 0.2) is 0 Å². The van der Waals surface area contributed by atoms with Crippen LogP contribution >= 0.6 is 11.3 Å². The maximum atomic E-state index is 5.80. The van der Waals surface area contributed by atoms with Crippen LogP contribution in [0.5, 0.6) is 0 Å². The highest BCUT2D eigenvalue weighted by atomic mass is 32.1. The normalized spacial score (nSPS) is 16.4. The van der Waals surface area contributed by atoms with Crippen LogP contribution in [0.2, 0.25) is 0 Å². The molecule has 86 valence electrons. The summed E-state index contributed by atoms with van der Waals surface area (Å²) in [6, 6.07) is 6.19. The molecule has 0 atom stereocenters. The second-order valence-corrected chi connectivity index (χ2v) is 5.44. The van der Waals surface area contributed by atoms with Gasteiger partial charge in [-0.3, -0.25) is 0 Å². The third kappa shape index (κ3) is 1.98. The van der Waals surface area contributed by atoms with Crippen LogP contribution in [0.4, 0.5) is 5.69 Å². The fourth-order valence-electron chi connectivity index (χ4n) is 2.31. The first-order valence-electron chi connectivity index (χ1n) is 5.74. The van der Waals surface area contributed by atoms with Crippen LogP contribution in [0.3, 0.4) is 0 Å². The van der Waals surface area contributed by atoms with Gasteiger partial charge in [0.2, 0.25) is 0 Å². The van der Waals surface area contributed by atoms with E-state index in [1.54, 1.807) is 11.3 Å². The average molecular weight is 242 g/mol. The molecular weight excluding hydrogens is 228 g/mol. The van der Waals surface area contributed by atoms with Gasteiger partial charge >= 0.3 is 0 Å². The molecule has 2 nitrogen and oxygen atoms in total. The molecule has 3 heteroatoms. The minimum absolute atomic E-state index is 0.856. The van der Waals surface area contributed by atoms with Gasteiger partial charge in [0.25, 0.3) is 0 Å². The molecule has 2 aromatic rings. The predicted molar refractivity (Wildman–Crippen MR) is 73.9 cm³/mol. The highest BCUT2D eigenvalue weighted by Gasteiger charge is 2.16. The van der Waals surface area contributed by atoms with Crippen molar-refractivity contribution in [2.75, 3.05) is 5.73 Å². The van der Waals surface area contributed by atoms with Crippen molar-refractivity contribution < 1.29 is 0 Å². The fraction of sp³-hybridized carbons (Fsp3) is 0.214. The van der Waals surface area contributed by atoms with E-state index < -0.39 is 0 Å². The molecule has 0 bridgehead atoms. The Kier molecular flexibility index (Phi) is 2.48. The second-order valence-electron chi connectivity index (χ2n) is 4.38. The molecule has 0 unspecified atom stereocenters. The molecule has 1 aromatic heterocycles. The predicted octanol–water partition coefficient (Wildman–Crippen LogP) is 3.52. The van der Waals surface area contributed by atoms with Gasteiger partial charge in [0.1, 0.15) is 0 Å². The van der Waals surface area contributed by atoms with Gasteiger partial charge < -0.3 is 5.73 Å². The third-order valence-corrected chi connectivity index (χ3v) is 3.89. The summed E-state index contributed by atoms with van der Waals surface area (Å²) < 4.78 is 0. The number of aryl methyl sites for hydroxylation is 2. The molecule has 0 aliphatic heterocycles. The van der Waals surface area contributed by atoms with E-state index in [1.165, 1.54) is 16.7 Å². The molecule has 0 saturated heterocycles. The Morgan fingerprint density at radius 2 is 2.24 bits per heavy atom. The molecule has 0 radical (unpaired) electrons. The number of nitrogens with zero attached hydrogens (tertiary/aromatic N) is 1. The number of fused-ring (bicyclic) bond motifs is 1. The van der Waals surface area contributed by atoms with Crippen LogP contribution in [-0.2, 0) is 6.42 Å². The van der Waals surface area contributed by atoms with E-state index in [0.717, 1.165) is 29.2 Å². The van der Waals surface area contributed by atoms with Crippen molar-refractivity contribution in [2.24, 2.45) is 0 Å². The van der Waals surface area contributed by atoms with Crippen molar-refractivity contribution in [3.05, 3.63) is 45.4 Å². The zero-order chi connectivity index (χ0) is 11.8. The van der Waals surface area contributed by atoms with Crippen LogP contribution in [-0.4, -0.2) is 4.98 Å². The molecule has 1 aliphatic carbocycles. The summed E-state index contributed by atoms with van der Waals surface area (Å²) in [5.41, 5.74) is 11.8. The maximum Gasteiger partial charge on any atom is 0.0901 e. The summed E-state index contributed by atoms with van der Waals surface area (Å²) in [4.78, 5) is 4.48. The number of rotatable bonds is 1. The van der Waals surface area contributed by atoms with Crippen molar-refractivity contribution >= 4 is 28.7 Å². The zero-order valence-electron chi connectivity index (χ0n) is 9.73. The Morgan fingerprint density at radius 3 is 3.00 bits per heavy atom. The van der Waals surface area contributed by atoms with Crippen molar-refractivity contribution in [3.63, 3.8) is 0 Å². The minimum atomic E-state index is 0.856. The lowest BCUT2D eigenvalue weighted by molar-refractivity contribution is 1.08. The Morgan fingerprint density at radius 1 is 1.35 bits per heavy atom. The molecule has 1 aromatic carbocycles. The number of thiazole rings is 1. The topological polar surface area (TPSA) is 38.9 Å². The Balaban J connectivity index is 2.01. The third-order valence-electron chi connectivity index (χ3n) is 3.10. The van der Waals surface area contributed by atoms with Crippen LogP contribution < -0.4 is 5.73 Å². The SMILES string of the molecule is Cc1nc(C=C2CCc3cc(N)ccc32)cs1. The van der Waals surface area contributed by atoms with E-state index in [-0.39, 0.29) is 0 Å². The maximum absolute atomic E-state index is 5.80. The fourth-order valence-corrected chi connectivity index (χ4v) is 2.88. The van der Waals surface area contributed by atoms with Gasteiger partial charge in [-0.2, -0.15) is 0 Å². The van der Waals surface area contributed by atoms with Gasteiger partial charge in [0, 0.05) is 11.1 Å². The van der Waals surface area contributed by atoms with Crippen LogP contribution in [0, 0.1) is 6.92 Å². The first kappa shape index (κ1) is 10.5. The molecule has 1 aliphatic rings. The van der Waals surface area contributed by atoms with E-state index in [0.29, 0.717) is 0 Å². The molecule has 0 fully saturated rings. The van der Waals surface area contributed by atoms with Crippen molar-refractivity contribution in [1.82, 2.24) is 4.98 Å². The molecule has 3 rings (SSSR count). The first-order chi connectivity index (χ1) is 8.22. The van der Waals surface area contributed by atoms with Crippen molar-refractivity contribution in [2.45, 2.75) is 19.8 Å². The summed E-state index contributed by atoms with van der Waals surface area (Å²) in [5, 5.41) is 3.23. The van der Waals surface area contributed by atoms with Crippen LogP contribution in [0.1, 0.15) is 28.2 Å². The lowest BCUT2D eigenvalue weighted by Gasteiger charge is -2.01. The number of benzene rings is 1. The number of allylic oxidation sites excluding steroid dienone is 1. The second kappa shape index (κ2) is 4.00. The van der Waals surface area contributed by atoms with E-state index in [1.807, 2.05) is 13.0 Å². The van der Waals surface area contributed by atoms with Gasteiger partial charge in [-0.1, -0.05) is 6.07 Å². The van der Waals surface area contributed by atoms with Crippen LogP contribution in [0.15, 0.2) is 23.6 Å². The lowest BCUT2D eigenvalue weighted by Crippen LogP contribution is -1.87. The Labute approximate surface area is 105 Å². The largest absolute Gasteiger partial charge is 0.399 e. The number of nitrogens with two attached hydrogens (primary N) is 1. The minimum Gasteiger partial charge on any atom is -0.399 e. The highest BCUT2D eigenvalue weighted by molar-refractivity contribution is 7.09. The number of anilines is 1. The molecule has 0 amide bonds. The van der Waals surface area contributed by atoms with Gasteiger partial charge in [-0.15, -0.1) is 11.3 Å². The molecule has 0 saturated carbocycles. The van der Waals surface area contributed by atoms with Crippen molar-refractivity contribution in [3.8, 4) is 0 Å². The molecule has 1 heterocycles. The zero-order valence-corrected chi connectivity index (χ0v) is 10.6. The average Bonchev–Trinajstić information content (AvgIpc) is 2.86. The highest BCUT2D eigenvalue weighted by Crippen LogP contribution is 2.34. The first-order valence-corrected chi connectivity index (χ1v) is 6.62. The van der Waals surface area contributed by atoms with E-state index >= 15 is 0 Å². The molecule has 0 spiro atoms. The van der Waals surface area contributed by atoms with Gasteiger partial charge in [-0.25, -0.2) is 4.98 Å². The summed E-state index contributed by atoms with van der Waals surface area (Å²) in [5.74, 6) is 0. The van der Waals surface area contributed by atoms with E-state index in [9.17, 15) is 0 Å². The van der Waals surface area contributed by atoms with Crippen LogP contribution in [0.25, 0.3) is 11.6 Å². The van der Waals surface area contributed by atoms with Crippen molar-refractivity contribution in [1.29, 1.82) is 0 Å². The quantitative estimate of drug-likeness (QED) is 0.777. The molecule has 17 heavy (non-hydrogen) atoms. The van der Waals surface area contributed by atoms with E-state index in [4.69, 9.17) is 5.73 Å². The Bertz CT molecular complexity index is 596. The van der Waals surface area contributed by atoms with E-state index in [2.05, 4.69) is 28.6 Å². The summed E-state index contributed by atoms with van der Waals surface area (Å²) in [6.45, 7) is 2.04. The Hall–Kier alpha value is -1.61. The lowest BCUT2D eigenvalue weighted by atomic mass is 10.1. The van der Waals surface area contributed by atoms with Gasteiger partial charge in [-0.05, 0) is 54.7 Å². The standard InChI is InChI=1S/C14H14N2S/c1-9-16-13(8-17-9)7-11-3-2-10-6-12(15)4-5-14(10)11/h4-8H,2-3,15H2,1H3. The smallest absolute Gasteiger partial charge is 0.0901 e.